The lowest BCUT2D eigenvalue weighted by atomic mass is 9.96. The number of halogens is 2. The van der Waals surface area contributed by atoms with Crippen molar-refractivity contribution in [1.29, 1.82) is 5.26 Å². The highest BCUT2D eigenvalue weighted by Crippen LogP contribution is 2.30. The third-order valence-electron chi connectivity index (χ3n) is 8.08. The molecule has 2 aromatic carbocycles. The summed E-state index contributed by atoms with van der Waals surface area (Å²) >= 11 is 0. The van der Waals surface area contributed by atoms with E-state index in [1.165, 1.54) is 29.9 Å². The summed E-state index contributed by atoms with van der Waals surface area (Å²) < 4.78 is 35.5. The minimum atomic E-state index is -1.26. The molecule has 3 N–H and O–H groups in total. The number of aryl methyl sites for hydroxylation is 1. The zero-order chi connectivity index (χ0) is 32.2. The molecule has 0 bridgehead atoms. The minimum Gasteiger partial charge on any atom is -0.476 e. The number of rotatable bonds is 7. The lowest BCUT2D eigenvalue weighted by Crippen LogP contribution is -2.54. The van der Waals surface area contributed by atoms with Crippen LogP contribution in [0.1, 0.15) is 33.0 Å². The summed E-state index contributed by atoms with van der Waals surface area (Å²) in [6.45, 7) is 3.91. The molecular weight excluding hydrogens is 588 g/mol. The van der Waals surface area contributed by atoms with Gasteiger partial charge in [0.25, 0.3) is 11.8 Å². The number of nitriles is 1. The van der Waals surface area contributed by atoms with Gasteiger partial charge in [-0.15, -0.1) is 0 Å². The molecule has 5 rings (SSSR count). The third kappa shape index (κ3) is 6.64. The summed E-state index contributed by atoms with van der Waals surface area (Å²) in [5.41, 5.74) is 1.52. The lowest BCUT2D eigenvalue weighted by Gasteiger charge is -2.38. The van der Waals surface area contributed by atoms with Crippen molar-refractivity contribution < 1.29 is 33.0 Å². The molecule has 2 saturated heterocycles. The van der Waals surface area contributed by atoms with E-state index >= 15 is 0 Å². The average molecular weight is 622 g/mol. The van der Waals surface area contributed by atoms with E-state index in [1.807, 2.05) is 0 Å². The number of anilines is 1. The number of β-amino-alcohol motifs (C(OH)–C–C–N with tert-alkyl or cyclic N) is 1. The third-order valence-corrected chi connectivity index (χ3v) is 8.08. The molecule has 45 heavy (non-hydrogen) atoms. The molecule has 3 heterocycles. The van der Waals surface area contributed by atoms with Gasteiger partial charge in [-0.1, -0.05) is 0 Å². The van der Waals surface area contributed by atoms with Crippen LogP contribution in [0.25, 0.3) is 11.3 Å². The van der Waals surface area contributed by atoms with Gasteiger partial charge in [0, 0.05) is 63.1 Å². The van der Waals surface area contributed by atoms with E-state index in [0.29, 0.717) is 62.5 Å². The summed E-state index contributed by atoms with van der Waals surface area (Å²) in [5.74, 6) is -3.98. The highest BCUT2D eigenvalue weighted by Gasteiger charge is 2.32. The van der Waals surface area contributed by atoms with Crippen LogP contribution in [0, 0.1) is 35.8 Å². The second kappa shape index (κ2) is 13.4. The number of amides is 3. The van der Waals surface area contributed by atoms with Crippen LogP contribution in [0.15, 0.2) is 36.5 Å². The number of carbonyl (C=O) groups excluding carboxylic acids is 3. The van der Waals surface area contributed by atoms with Gasteiger partial charge in [-0.25, -0.2) is 9.37 Å². The number of hydrogen-bond donors (Lipinski definition) is 3. The van der Waals surface area contributed by atoms with Gasteiger partial charge < -0.3 is 34.8 Å². The molecule has 2 aliphatic heterocycles. The number of aromatic nitrogens is 2. The number of aliphatic hydroxyl groups excluding tert-OH is 1. The number of nitrogens with zero attached hydrogens (tertiary/aromatic N) is 5. The molecule has 0 spiro atoms. The maximum absolute atomic E-state index is 14.8. The van der Waals surface area contributed by atoms with Crippen molar-refractivity contribution in [2.45, 2.75) is 19.4 Å². The fourth-order valence-electron chi connectivity index (χ4n) is 5.66. The van der Waals surface area contributed by atoms with Gasteiger partial charge in [-0.2, -0.15) is 9.65 Å². The van der Waals surface area contributed by atoms with Crippen LogP contribution < -0.4 is 15.4 Å². The number of piperidine rings is 1. The molecule has 3 amide bonds. The van der Waals surface area contributed by atoms with Crippen molar-refractivity contribution in [1.82, 2.24) is 24.7 Å². The maximum atomic E-state index is 14.8. The molecule has 0 saturated carbocycles. The molecule has 0 aliphatic carbocycles. The summed E-state index contributed by atoms with van der Waals surface area (Å²) in [5, 5.41) is 24.3. The van der Waals surface area contributed by atoms with Crippen molar-refractivity contribution in [3.8, 4) is 23.1 Å². The second-order valence-corrected chi connectivity index (χ2v) is 11.1. The Labute approximate surface area is 258 Å². The number of imidazole rings is 1. The van der Waals surface area contributed by atoms with E-state index in [0.717, 1.165) is 0 Å². The number of piperazine rings is 1. The molecule has 14 heteroatoms. The van der Waals surface area contributed by atoms with Crippen molar-refractivity contribution in [2.75, 3.05) is 51.2 Å². The van der Waals surface area contributed by atoms with Crippen LogP contribution in [-0.4, -0.2) is 94.2 Å². The first-order chi connectivity index (χ1) is 21.6. The monoisotopic (exact) mass is 621 g/mol. The van der Waals surface area contributed by atoms with E-state index in [4.69, 9.17) is 10.00 Å². The fraction of sp³-hybridized carbons (Fsp3) is 0.387. The SMILES string of the molecule is Cc1cc(NC(=O)c2ncc(-c3ccc(OCC#N)c(F)c3F)n2C)ccc1C(=O)N1CCN(C(=O)C2CNCC(O)C2)CC1. The molecule has 2 atom stereocenters. The van der Waals surface area contributed by atoms with Gasteiger partial charge in [-0.3, -0.25) is 14.4 Å². The number of carbonyl (C=O) groups is 3. The summed E-state index contributed by atoms with van der Waals surface area (Å²) in [7, 11) is 1.49. The van der Waals surface area contributed by atoms with Crippen LogP contribution in [0.2, 0.25) is 0 Å². The van der Waals surface area contributed by atoms with E-state index in [2.05, 4.69) is 15.6 Å². The van der Waals surface area contributed by atoms with E-state index in [1.54, 1.807) is 41.0 Å². The predicted octanol–water partition coefficient (Wildman–Crippen LogP) is 2.08. The number of ether oxygens (including phenoxy) is 1. The van der Waals surface area contributed by atoms with E-state index in [-0.39, 0.29) is 34.8 Å². The molecule has 2 fully saturated rings. The van der Waals surface area contributed by atoms with Crippen molar-refractivity contribution in [2.24, 2.45) is 13.0 Å². The summed E-state index contributed by atoms with van der Waals surface area (Å²) in [6.07, 6.45) is 1.14. The normalized spacial score (nSPS) is 18.3. The lowest BCUT2D eigenvalue weighted by molar-refractivity contribution is -0.138. The van der Waals surface area contributed by atoms with Crippen molar-refractivity contribution in [3.05, 3.63) is 65.1 Å². The average Bonchev–Trinajstić information content (AvgIpc) is 3.42. The Balaban J connectivity index is 1.21. The summed E-state index contributed by atoms with van der Waals surface area (Å²) in [4.78, 5) is 46.8. The molecular formula is C31H33F2N7O5. The number of hydrogen-bond acceptors (Lipinski definition) is 8. The van der Waals surface area contributed by atoms with Crippen LogP contribution in [-0.2, 0) is 11.8 Å². The molecule has 0 radical (unpaired) electrons. The molecule has 12 nitrogen and oxygen atoms in total. The topological polar surface area (TPSA) is 153 Å². The summed E-state index contributed by atoms with van der Waals surface area (Å²) in [6, 6.07) is 9.04. The van der Waals surface area contributed by atoms with Gasteiger partial charge in [0.05, 0.1) is 23.9 Å². The van der Waals surface area contributed by atoms with Crippen LogP contribution in [0.3, 0.4) is 0 Å². The van der Waals surface area contributed by atoms with E-state index in [9.17, 15) is 28.3 Å². The Morgan fingerprint density at radius 1 is 1.11 bits per heavy atom. The minimum absolute atomic E-state index is 0.0127. The molecule has 3 aromatic rings. The Morgan fingerprint density at radius 2 is 1.84 bits per heavy atom. The fourth-order valence-corrected chi connectivity index (χ4v) is 5.66. The molecule has 2 aliphatic rings. The first-order valence-electron chi connectivity index (χ1n) is 14.5. The Morgan fingerprint density at radius 3 is 2.53 bits per heavy atom. The predicted molar refractivity (Wildman–Crippen MR) is 158 cm³/mol. The Kier molecular flexibility index (Phi) is 9.40. The second-order valence-electron chi connectivity index (χ2n) is 11.1. The van der Waals surface area contributed by atoms with Gasteiger partial charge in [0.15, 0.2) is 24.0 Å². The zero-order valence-corrected chi connectivity index (χ0v) is 24.8. The van der Waals surface area contributed by atoms with Crippen molar-refractivity contribution in [3.63, 3.8) is 0 Å². The maximum Gasteiger partial charge on any atom is 0.291 e. The number of benzene rings is 2. The smallest absolute Gasteiger partial charge is 0.291 e. The van der Waals surface area contributed by atoms with Crippen LogP contribution in [0.4, 0.5) is 14.5 Å². The van der Waals surface area contributed by atoms with Gasteiger partial charge in [0.1, 0.15) is 6.07 Å². The van der Waals surface area contributed by atoms with Gasteiger partial charge in [0.2, 0.25) is 11.7 Å². The first kappa shape index (κ1) is 31.6. The number of aliphatic hydroxyl groups is 1. The first-order valence-corrected chi connectivity index (χ1v) is 14.5. The van der Waals surface area contributed by atoms with Gasteiger partial charge >= 0.3 is 0 Å². The number of nitrogens with one attached hydrogen (secondary N) is 2. The van der Waals surface area contributed by atoms with E-state index < -0.39 is 36.0 Å². The molecule has 1 aromatic heterocycles. The standard InChI is InChI=1S/C31H33F2N7O5/c1-18-13-20(3-4-22(18)31(44)40-10-8-39(9-11-40)30(43)19-14-21(41)16-35-15-19)37-29(42)28-36-17-24(38(28)2)23-5-6-25(45-12-7-34)27(33)26(23)32/h3-6,13,17,19,21,35,41H,8-12,14-16H2,1-2H3,(H,37,42). The largest absolute Gasteiger partial charge is 0.476 e. The highest BCUT2D eigenvalue weighted by molar-refractivity contribution is 6.03. The molecule has 2 unspecified atom stereocenters. The molecule has 236 valence electrons. The highest BCUT2D eigenvalue weighted by atomic mass is 19.2. The van der Waals surface area contributed by atoms with Gasteiger partial charge in [-0.05, 0) is 49.2 Å². The van der Waals surface area contributed by atoms with Crippen LogP contribution in [0.5, 0.6) is 5.75 Å². The zero-order valence-electron chi connectivity index (χ0n) is 24.8. The van der Waals surface area contributed by atoms with Crippen LogP contribution >= 0.6 is 0 Å². The van der Waals surface area contributed by atoms with Crippen molar-refractivity contribution >= 4 is 23.4 Å². The quantitative estimate of drug-likeness (QED) is 0.363. The Bertz CT molecular complexity index is 1660. The Hall–Kier alpha value is -4.87.